The number of nitrogens with zero attached hydrogens (tertiary/aromatic N) is 1. The van der Waals surface area contributed by atoms with Gasteiger partial charge in [-0.15, -0.1) is 0 Å². The Balaban J connectivity index is 2.12. The zero-order valence-corrected chi connectivity index (χ0v) is 11.4. The maximum atomic E-state index is 11.0. The third-order valence-electron chi connectivity index (χ3n) is 4.25. The Morgan fingerprint density at radius 3 is 2.89 bits per heavy atom. The maximum Gasteiger partial charge on any atom is 0.337 e. The van der Waals surface area contributed by atoms with Crippen molar-refractivity contribution in [3.8, 4) is 0 Å². The molecule has 5 nitrogen and oxygen atoms in total. The van der Waals surface area contributed by atoms with Gasteiger partial charge in [-0.2, -0.15) is 0 Å². The van der Waals surface area contributed by atoms with Crippen molar-refractivity contribution in [1.82, 2.24) is 4.98 Å². The molecule has 1 aliphatic rings. The summed E-state index contributed by atoms with van der Waals surface area (Å²) in [7, 11) is 0. The molecule has 2 rings (SSSR count). The van der Waals surface area contributed by atoms with E-state index in [1.807, 2.05) is 0 Å². The number of nitrogens with one attached hydrogen (secondary N) is 1. The monoisotopic (exact) mass is 263 g/mol. The molecule has 1 fully saturated rings. The quantitative estimate of drug-likeness (QED) is 0.777. The van der Waals surface area contributed by atoms with Crippen LogP contribution in [-0.2, 0) is 0 Å². The van der Waals surface area contributed by atoms with E-state index in [1.165, 1.54) is 25.1 Å². The zero-order chi connectivity index (χ0) is 14.0. The smallest absolute Gasteiger partial charge is 0.337 e. The lowest BCUT2D eigenvalue weighted by atomic mass is 9.93. The number of carboxylic acid groups (broad SMARTS) is 1. The fraction of sp³-hybridized carbons (Fsp3) is 0.571. The van der Waals surface area contributed by atoms with Crippen LogP contribution < -0.4 is 11.1 Å². The Bertz CT molecular complexity index is 476. The number of aromatic nitrogens is 1. The van der Waals surface area contributed by atoms with Gasteiger partial charge in [0.25, 0.3) is 0 Å². The number of nitrogens with two attached hydrogens (primary N) is 1. The summed E-state index contributed by atoms with van der Waals surface area (Å²) in [6.07, 6.45) is 4.92. The van der Waals surface area contributed by atoms with Crippen LogP contribution in [0, 0.1) is 11.8 Å². The van der Waals surface area contributed by atoms with E-state index in [9.17, 15) is 4.79 Å². The van der Waals surface area contributed by atoms with Crippen LogP contribution >= 0.6 is 0 Å². The molecule has 3 atom stereocenters. The van der Waals surface area contributed by atoms with Crippen LogP contribution in [0.3, 0.4) is 0 Å². The van der Waals surface area contributed by atoms with Gasteiger partial charge >= 0.3 is 5.97 Å². The molecule has 0 amide bonds. The summed E-state index contributed by atoms with van der Waals surface area (Å²) in [4.78, 5) is 15.2. The standard InChI is InChI=1S/C14H21N3O2/c1-3-9-4-5-12(8(9)2)17-13-6-10(14(18)19)11(15)7-16-13/h6-9,12H,3-5,15H2,1-2H3,(H,16,17)(H,18,19). The van der Waals surface area contributed by atoms with E-state index in [2.05, 4.69) is 24.1 Å². The Morgan fingerprint density at radius 2 is 2.32 bits per heavy atom. The molecule has 1 aliphatic carbocycles. The van der Waals surface area contributed by atoms with Crippen molar-refractivity contribution in [3.05, 3.63) is 17.8 Å². The number of carboxylic acids is 1. The zero-order valence-electron chi connectivity index (χ0n) is 11.4. The third kappa shape index (κ3) is 2.80. The van der Waals surface area contributed by atoms with Crippen LogP contribution in [0.2, 0.25) is 0 Å². The highest BCUT2D eigenvalue weighted by Gasteiger charge is 2.31. The van der Waals surface area contributed by atoms with E-state index in [0.29, 0.717) is 17.8 Å². The SMILES string of the molecule is CCC1CCC(Nc2cc(C(=O)O)c(N)cn2)C1C. The van der Waals surface area contributed by atoms with Gasteiger partial charge in [0, 0.05) is 6.04 Å². The molecule has 1 saturated carbocycles. The fourth-order valence-electron chi connectivity index (χ4n) is 2.95. The van der Waals surface area contributed by atoms with Gasteiger partial charge in [-0.25, -0.2) is 9.78 Å². The van der Waals surface area contributed by atoms with Crippen LogP contribution in [0.1, 0.15) is 43.5 Å². The first-order chi connectivity index (χ1) is 9.02. The molecule has 0 saturated heterocycles. The maximum absolute atomic E-state index is 11.0. The van der Waals surface area contributed by atoms with Gasteiger partial charge in [-0.1, -0.05) is 20.3 Å². The van der Waals surface area contributed by atoms with Gasteiger partial charge in [0.05, 0.1) is 17.4 Å². The molecule has 0 aliphatic heterocycles. The lowest BCUT2D eigenvalue weighted by Crippen LogP contribution is -2.25. The van der Waals surface area contributed by atoms with E-state index >= 15 is 0 Å². The second-order valence-electron chi connectivity index (χ2n) is 5.32. The Morgan fingerprint density at radius 1 is 1.58 bits per heavy atom. The fourth-order valence-corrected chi connectivity index (χ4v) is 2.95. The number of rotatable bonds is 4. The highest BCUT2D eigenvalue weighted by Crippen LogP contribution is 2.35. The van der Waals surface area contributed by atoms with Crippen molar-refractivity contribution < 1.29 is 9.90 Å². The summed E-state index contributed by atoms with van der Waals surface area (Å²) >= 11 is 0. The molecule has 0 radical (unpaired) electrons. The lowest BCUT2D eigenvalue weighted by molar-refractivity contribution is 0.0698. The predicted octanol–water partition coefficient (Wildman–Crippen LogP) is 2.60. The average Bonchev–Trinajstić information content (AvgIpc) is 2.72. The number of carbonyl (C=O) groups is 1. The molecule has 3 unspecified atom stereocenters. The number of nitrogen functional groups attached to an aromatic ring is 1. The lowest BCUT2D eigenvalue weighted by Gasteiger charge is -2.21. The number of anilines is 2. The minimum atomic E-state index is -1.02. The van der Waals surface area contributed by atoms with Crippen molar-refractivity contribution in [3.63, 3.8) is 0 Å². The molecule has 1 aromatic rings. The van der Waals surface area contributed by atoms with Gasteiger partial charge in [0.15, 0.2) is 0 Å². The average molecular weight is 263 g/mol. The van der Waals surface area contributed by atoms with E-state index < -0.39 is 5.97 Å². The minimum Gasteiger partial charge on any atom is -0.478 e. The Labute approximate surface area is 113 Å². The summed E-state index contributed by atoms with van der Waals surface area (Å²) in [6, 6.07) is 1.88. The summed E-state index contributed by atoms with van der Waals surface area (Å²) < 4.78 is 0. The van der Waals surface area contributed by atoms with E-state index in [-0.39, 0.29) is 11.3 Å². The van der Waals surface area contributed by atoms with Crippen LogP contribution in [0.5, 0.6) is 0 Å². The van der Waals surface area contributed by atoms with Crippen LogP contribution in [0.4, 0.5) is 11.5 Å². The number of pyridine rings is 1. The molecular weight excluding hydrogens is 242 g/mol. The van der Waals surface area contributed by atoms with Crippen molar-refractivity contribution >= 4 is 17.5 Å². The van der Waals surface area contributed by atoms with E-state index in [0.717, 1.165) is 12.3 Å². The molecule has 104 valence electrons. The first kappa shape index (κ1) is 13.6. The molecular formula is C14H21N3O2. The minimum absolute atomic E-state index is 0.107. The third-order valence-corrected chi connectivity index (χ3v) is 4.25. The highest BCUT2D eigenvalue weighted by atomic mass is 16.4. The van der Waals surface area contributed by atoms with E-state index in [1.54, 1.807) is 0 Å². The topological polar surface area (TPSA) is 88.2 Å². The predicted molar refractivity (Wildman–Crippen MR) is 75.2 cm³/mol. The second-order valence-corrected chi connectivity index (χ2v) is 5.32. The van der Waals surface area contributed by atoms with Crippen molar-refractivity contribution in [2.45, 2.75) is 39.2 Å². The van der Waals surface area contributed by atoms with Crippen LogP contribution in [0.25, 0.3) is 0 Å². The molecule has 0 bridgehead atoms. The number of hydrogen-bond donors (Lipinski definition) is 3. The van der Waals surface area contributed by atoms with E-state index in [4.69, 9.17) is 10.8 Å². The molecule has 1 aromatic heterocycles. The number of aromatic carboxylic acids is 1. The van der Waals surface area contributed by atoms with Gasteiger partial charge in [-0.05, 0) is 30.7 Å². The molecule has 1 heterocycles. The molecule has 4 N–H and O–H groups in total. The number of hydrogen-bond acceptors (Lipinski definition) is 4. The molecule has 0 aromatic carbocycles. The summed E-state index contributed by atoms with van der Waals surface area (Å²) in [5.74, 6) is 0.900. The largest absolute Gasteiger partial charge is 0.478 e. The molecule has 0 spiro atoms. The van der Waals surface area contributed by atoms with Gasteiger partial charge < -0.3 is 16.2 Å². The van der Waals surface area contributed by atoms with Crippen LogP contribution in [0.15, 0.2) is 12.3 Å². The second kappa shape index (κ2) is 5.47. The van der Waals surface area contributed by atoms with Crippen molar-refractivity contribution in [2.24, 2.45) is 11.8 Å². The van der Waals surface area contributed by atoms with Gasteiger partial charge in [-0.3, -0.25) is 0 Å². The Kier molecular flexibility index (Phi) is 3.93. The molecule has 19 heavy (non-hydrogen) atoms. The first-order valence-electron chi connectivity index (χ1n) is 6.78. The van der Waals surface area contributed by atoms with Crippen molar-refractivity contribution in [1.29, 1.82) is 0 Å². The van der Waals surface area contributed by atoms with Crippen LogP contribution in [-0.4, -0.2) is 22.1 Å². The summed E-state index contributed by atoms with van der Waals surface area (Å²) in [5.41, 5.74) is 5.90. The normalized spacial score (nSPS) is 26.3. The first-order valence-corrected chi connectivity index (χ1v) is 6.78. The summed E-state index contributed by atoms with van der Waals surface area (Å²) in [5, 5.41) is 12.4. The van der Waals surface area contributed by atoms with Gasteiger partial charge in [0.2, 0.25) is 0 Å². The summed E-state index contributed by atoms with van der Waals surface area (Å²) in [6.45, 7) is 4.46. The molecule has 5 heteroatoms. The van der Waals surface area contributed by atoms with Crippen molar-refractivity contribution in [2.75, 3.05) is 11.1 Å². The highest BCUT2D eigenvalue weighted by molar-refractivity contribution is 5.94. The van der Waals surface area contributed by atoms with Gasteiger partial charge in [0.1, 0.15) is 5.82 Å². The Hall–Kier alpha value is -1.78.